The van der Waals surface area contributed by atoms with Crippen LogP contribution in [0.15, 0.2) is 24.3 Å². The Morgan fingerprint density at radius 2 is 2.08 bits per heavy atom. The van der Waals surface area contributed by atoms with E-state index in [0.29, 0.717) is 5.56 Å². The molecule has 3 aliphatic carbocycles. The van der Waals surface area contributed by atoms with Gasteiger partial charge in [-0.1, -0.05) is 19.1 Å². The van der Waals surface area contributed by atoms with Crippen LogP contribution in [-0.4, -0.2) is 36.7 Å². The molecule has 4 unspecified atom stereocenters. The van der Waals surface area contributed by atoms with Crippen molar-refractivity contribution in [2.45, 2.75) is 38.3 Å². The van der Waals surface area contributed by atoms with Gasteiger partial charge in [-0.25, -0.2) is 5.06 Å². The third-order valence-corrected chi connectivity index (χ3v) is 6.55. The summed E-state index contributed by atoms with van der Waals surface area (Å²) in [6.07, 6.45) is 3.51. The molecule has 1 aromatic carbocycles. The molecule has 1 spiro atoms. The number of nitrogens with one attached hydrogen (secondary N) is 2. The average molecular weight is 343 g/mol. The van der Waals surface area contributed by atoms with E-state index in [2.05, 4.69) is 17.6 Å². The standard InChI is InChI=1S/C19H25N3O3/c1-18-9-8-12(10-14(18)17(24)22(2)25-3)19(11-18)20-15-7-5-4-6-13(15)16(23)21-19/h4-7,12,14,20H,8-11H2,1-3H3,(H,21,23). The molecule has 6 heteroatoms. The summed E-state index contributed by atoms with van der Waals surface area (Å²) in [7, 11) is 3.18. The number of rotatable bonds is 2. The molecule has 3 saturated carbocycles. The molecule has 2 bridgehead atoms. The van der Waals surface area contributed by atoms with Gasteiger partial charge in [0.2, 0.25) is 5.91 Å². The Labute approximate surface area is 147 Å². The quantitative estimate of drug-likeness (QED) is 0.809. The highest BCUT2D eigenvalue weighted by Gasteiger charge is 2.60. The Morgan fingerprint density at radius 3 is 2.80 bits per heavy atom. The first-order valence-electron chi connectivity index (χ1n) is 8.90. The van der Waals surface area contributed by atoms with Crippen molar-refractivity contribution in [2.24, 2.45) is 17.3 Å². The van der Waals surface area contributed by atoms with Gasteiger partial charge >= 0.3 is 0 Å². The van der Waals surface area contributed by atoms with Gasteiger partial charge in [0, 0.05) is 24.6 Å². The Bertz CT molecular complexity index is 736. The molecule has 3 fully saturated rings. The van der Waals surface area contributed by atoms with Crippen molar-refractivity contribution in [1.29, 1.82) is 0 Å². The molecule has 134 valence electrons. The largest absolute Gasteiger partial charge is 0.362 e. The van der Waals surface area contributed by atoms with E-state index < -0.39 is 5.66 Å². The normalized spacial score (nSPS) is 35.7. The van der Waals surface area contributed by atoms with Gasteiger partial charge in [0.05, 0.1) is 12.7 Å². The second-order valence-corrected chi connectivity index (χ2v) is 7.97. The molecule has 2 N–H and O–H groups in total. The summed E-state index contributed by atoms with van der Waals surface area (Å²) in [5.74, 6) is 0.165. The lowest BCUT2D eigenvalue weighted by Crippen LogP contribution is -2.70. The molecule has 0 aromatic heterocycles. The van der Waals surface area contributed by atoms with Crippen LogP contribution in [0.25, 0.3) is 0 Å². The fourth-order valence-electron chi connectivity index (χ4n) is 5.14. The number of hydrogen-bond acceptors (Lipinski definition) is 4. The molecule has 0 saturated heterocycles. The van der Waals surface area contributed by atoms with Crippen LogP contribution in [0.1, 0.15) is 43.0 Å². The number of anilines is 1. The first-order valence-corrected chi connectivity index (χ1v) is 8.90. The van der Waals surface area contributed by atoms with E-state index in [0.717, 1.165) is 31.4 Å². The monoisotopic (exact) mass is 343 g/mol. The van der Waals surface area contributed by atoms with Crippen molar-refractivity contribution in [1.82, 2.24) is 10.4 Å². The Morgan fingerprint density at radius 1 is 1.32 bits per heavy atom. The molecule has 4 atom stereocenters. The van der Waals surface area contributed by atoms with E-state index >= 15 is 0 Å². The molecule has 1 aromatic rings. The molecule has 0 radical (unpaired) electrons. The van der Waals surface area contributed by atoms with Gasteiger partial charge in [0.1, 0.15) is 5.66 Å². The van der Waals surface area contributed by atoms with Crippen molar-refractivity contribution in [3.63, 3.8) is 0 Å². The number of carbonyl (C=O) groups excluding carboxylic acids is 2. The molecule has 1 aliphatic heterocycles. The lowest BCUT2D eigenvalue weighted by Gasteiger charge is -2.61. The zero-order valence-corrected chi connectivity index (χ0v) is 15.0. The Hall–Kier alpha value is -2.08. The van der Waals surface area contributed by atoms with Gasteiger partial charge in [0.25, 0.3) is 5.91 Å². The van der Waals surface area contributed by atoms with Crippen molar-refractivity contribution < 1.29 is 14.4 Å². The molecular weight excluding hydrogens is 318 g/mol. The fourth-order valence-corrected chi connectivity index (χ4v) is 5.14. The van der Waals surface area contributed by atoms with E-state index in [9.17, 15) is 9.59 Å². The van der Waals surface area contributed by atoms with Crippen LogP contribution in [0.2, 0.25) is 0 Å². The number of hydroxylamine groups is 2. The van der Waals surface area contributed by atoms with Crippen molar-refractivity contribution >= 4 is 17.5 Å². The second kappa shape index (κ2) is 5.46. The molecule has 6 nitrogen and oxygen atoms in total. The maximum atomic E-state index is 12.8. The Kier molecular flexibility index (Phi) is 3.58. The maximum absolute atomic E-state index is 12.8. The molecule has 2 amide bonds. The lowest BCUT2D eigenvalue weighted by molar-refractivity contribution is -0.186. The van der Waals surface area contributed by atoms with Crippen LogP contribution in [0, 0.1) is 17.3 Å². The van der Waals surface area contributed by atoms with Crippen LogP contribution >= 0.6 is 0 Å². The highest BCUT2D eigenvalue weighted by Crippen LogP contribution is 2.58. The third-order valence-electron chi connectivity index (χ3n) is 6.55. The topological polar surface area (TPSA) is 70.7 Å². The summed E-state index contributed by atoms with van der Waals surface area (Å²) in [6, 6.07) is 7.62. The predicted molar refractivity (Wildman–Crippen MR) is 93.6 cm³/mol. The van der Waals surface area contributed by atoms with Crippen LogP contribution < -0.4 is 10.6 Å². The highest BCUT2D eigenvalue weighted by molar-refractivity contribution is 6.02. The van der Waals surface area contributed by atoms with E-state index in [4.69, 9.17) is 4.84 Å². The predicted octanol–water partition coefficient (Wildman–Crippen LogP) is 2.38. The summed E-state index contributed by atoms with van der Waals surface area (Å²) in [5, 5.41) is 8.19. The summed E-state index contributed by atoms with van der Waals surface area (Å²) in [5.41, 5.74) is 0.956. The van der Waals surface area contributed by atoms with Crippen molar-refractivity contribution in [3.05, 3.63) is 29.8 Å². The van der Waals surface area contributed by atoms with Crippen LogP contribution in [0.4, 0.5) is 5.69 Å². The number of fused-ring (bicyclic) bond motifs is 3. The zero-order valence-electron chi connectivity index (χ0n) is 15.0. The highest BCUT2D eigenvalue weighted by atomic mass is 16.7. The van der Waals surface area contributed by atoms with Gasteiger partial charge in [0.15, 0.2) is 0 Å². The van der Waals surface area contributed by atoms with Gasteiger partial charge in [-0.15, -0.1) is 0 Å². The van der Waals surface area contributed by atoms with Crippen LogP contribution in [0.3, 0.4) is 0 Å². The first kappa shape index (κ1) is 16.4. The number of amides is 2. The van der Waals surface area contributed by atoms with Gasteiger partial charge in [-0.05, 0) is 43.2 Å². The third kappa shape index (κ3) is 2.34. The van der Waals surface area contributed by atoms with E-state index in [-0.39, 0.29) is 29.1 Å². The summed E-state index contributed by atoms with van der Waals surface area (Å²) < 4.78 is 0. The smallest absolute Gasteiger partial charge is 0.255 e. The number of nitrogens with zero attached hydrogens (tertiary/aromatic N) is 1. The summed E-state index contributed by atoms with van der Waals surface area (Å²) in [4.78, 5) is 30.5. The second-order valence-electron chi connectivity index (χ2n) is 7.97. The molecule has 1 heterocycles. The molecular formula is C19H25N3O3. The average Bonchev–Trinajstić information content (AvgIpc) is 2.60. The van der Waals surface area contributed by atoms with Gasteiger partial charge in [-0.3, -0.25) is 14.4 Å². The number of para-hydroxylation sites is 1. The molecule has 25 heavy (non-hydrogen) atoms. The Balaban J connectivity index is 1.66. The van der Waals surface area contributed by atoms with E-state index in [1.165, 1.54) is 12.2 Å². The van der Waals surface area contributed by atoms with E-state index in [1.54, 1.807) is 7.05 Å². The lowest BCUT2D eigenvalue weighted by atomic mass is 9.51. The summed E-state index contributed by atoms with van der Waals surface area (Å²) >= 11 is 0. The van der Waals surface area contributed by atoms with Crippen molar-refractivity contribution in [3.8, 4) is 0 Å². The minimum atomic E-state index is -0.457. The summed E-state index contributed by atoms with van der Waals surface area (Å²) in [6.45, 7) is 2.17. The first-order chi connectivity index (χ1) is 11.9. The SMILES string of the molecule is CON(C)C(=O)C1CC2CCC1(C)CC21NC(=O)c2ccccc2N1. The fraction of sp³-hybridized carbons (Fsp3) is 0.579. The van der Waals surface area contributed by atoms with Crippen molar-refractivity contribution in [2.75, 3.05) is 19.5 Å². The number of carbonyl (C=O) groups is 2. The van der Waals surface area contributed by atoms with Gasteiger partial charge < -0.3 is 10.6 Å². The zero-order chi connectivity index (χ0) is 17.8. The minimum Gasteiger partial charge on any atom is -0.362 e. The minimum absolute atomic E-state index is 0.0256. The number of hydrogen-bond donors (Lipinski definition) is 2. The van der Waals surface area contributed by atoms with E-state index in [1.807, 2.05) is 24.3 Å². The van der Waals surface area contributed by atoms with Gasteiger partial charge in [-0.2, -0.15) is 0 Å². The molecule has 5 rings (SSSR count). The van der Waals surface area contributed by atoms with Crippen LogP contribution in [0.5, 0.6) is 0 Å². The maximum Gasteiger partial charge on any atom is 0.255 e. The molecule has 4 aliphatic rings. The number of benzene rings is 1. The van der Waals surface area contributed by atoms with Crippen LogP contribution in [-0.2, 0) is 9.63 Å².